The number of hydrogen-bond acceptors (Lipinski definition) is 8. The second-order valence-corrected chi connectivity index (χ2v) is 9.88. The van der Waals surface area contributed by atoms with Gasteiger partial charge in [0.1, 0.15) is 12.1 Å². The van der Waals surface area contributed by atoms with Crippen molar-refractivity contribution in [3.05, 3.63) is 30.3 Å². The largest absolute Gasteiger partial charge is 0.464 e. The molecule has 198 valence electrons. The van der Waals surface area contributed by atoms with E-state index in [0.29, 0.717) is 30.2 Å². The predicted octanol–water partition coefficient (Wildman–Crippen LogP) is 2.47. The number of nitrogens with zero attached hydrogens (tertiary/aromatic N) is 1. The topological polar surface area (TPSA) is 114 Å². The van der Waals surface area contributed by atoms with Crippen molar-refractivity contribution >= 4 is 47.9 Å². The van der Waals surface area contributed by atoms with Crippen molar-refractivity contribution in [1.82, 2.24) is 10.6 Å². The van der Waals surface area contributed by atoms with Crippen molar-refractivity contribution in [2.75, 3.05) is 35.8 Å². The number of thioether (sulfide) groups is 1. The fourth-order valence-electron chi connectivity index (χ4n) is 3.53. The molecule has 0 radical (unpaired) electrons. The van der Waals surface area contributed by atoms with Crippen LogP contribution in [0.15, 0.2) is 30.3 Å². The van der Waals surface area contributed by atoms with E-state index in [1.165, 1.54) is 4.90 Å². The van der Waals surface area contributed by atoms with Crippen molar-refractivity contribution in [2.45, 2.75) is 64.7 Å². The third kappa shape index (κ3) is 10.0. The Hall–Kier alpha value is -1.75. The van der Waals surface area contributed by atoms with E-state index < -0.39 is 30.0 Å². The van der Waals surface area contributed by atoms with Gasteiger partial charge in [-0.05, 0) is 50.3 Å². The molecule has 8 nitrogen and oxygen atoms in total. The number of nitrogens with two attached hydrogens (primary N) is 1. The molecular formula is C25H42N4O4S2. The number of para-hydroxylation sites is 1. The van der Waals surface area contributed by atoms with E-state index in [4.69, 9.17) is 10.5 Å². The van der Waals surface area contributed by atoms with Gasteiger partial charge in [0, 0.05) is 24.0 Å². The molecule has 0 heterocycles. The van der Waals surface area contributed by atoms with Crippen LogP contribution in [0.3, 0.4) is 0 Å². The summed E-state index contributed by atoms with van der Waals surface area (Å²) in [7, 11) is 0. The lowest BCUT2D eigenvalue weighted by molar-refractivity contribution is -0.147. The number of amides is 2. The predicted molar refractivity (Wildman–Crippen MR) is 148 cm³/mol. The van der Waals surface area contributed by atoms with Crippen LogP contribution in [0, 0.1) is 5.92 Å². The van der Waals surface area contributed by atoms with Crippen molar-refractivity contribution in [2.24, 2.45) is 11.7 Å². The molecule has 0 saturated carbocycles. The van der Waals surface area contributed by atoms with E-state index >= 15 is 0 Å². The van der Waals surface area contributed by atoms with Gasteiger partial charge in [0.15, 0.2) is 0 Å². The summed E-state index contributed by atoms with van der Waals surface area (Å²) in [6.45, 7) is 8.06. The summed E-state index contributed by atoms with van der Waals surface area (Å²) in [5, 5.41) is 6.11. The lowest BCUT2D eigenvalue weighted by Crippen LogP contribution is -2.58. The number of anilines is 1. The minimum absolute atomic E-state index is 0.00458. The molecular weight excluding hydrogens is 484 g/mol. The number of nitrogens with one attached hydrogen (secondary N) is 2. The van der Waals surface area contributed by atoms with Gasteiger partial charge in [-0.2, -0.15) is 24.4 Å². The van der Waals surface area contributed by atoms with Gasteiger partial charge in [0.2, 0.25) is 11.8 Å². The smallest absolute Gasteiger partial charge is 0.328 e. The van der Waals surface area contributed by atoms with E-state index in [1.807, 2.05) is 38.3 Å². The first kappa shape index (κ1) is 31.3. The molecule has 1 aromatic carbocycles. The Labute approximate surface area is 219 Å². The lowest BCUT2D eigenvalue weighted by Gasteiger charge is -2.35. The van der Waals surface area contributed by atoms with Crippen molar-refractivity contribution in [3.8, 4) is 0 Å². The molecule has 0 aliphatic carbocycles. The summed E-state index contributed by atoms with van der Waals surface area (Å²) in [6.07, 6.45) is 3.14. The highest BCUT2D eigenvalue weighted by Gasteiger charge is 2.36. The molecule has 4 N–H and O–H groups in total. The van der Waals surface area contributed by atoms with Gasteiger partial charge in [-0.15, -0.1) is 0 Å². The third-order valence-corrected chi connectivity index (χ3v) is 6.96. The second-order valence-electron chi connectivity index (χ2n) is 8.53. The van der Waals surface area contributed by atoms with Crippen molar-refractivity contribution in [3.63, 3.8) is 0 Å². The number of carbonyl (C=O) groups is 3. The molecule has 0 unspecified atom stereocenters. The molecule has 35 heavy (non-hydrogen) atoms. The van der Waals surface area contributed by atoms with Crippen molar-refractivity contribution in [1.29, 1.82) is 0 Å². The first-order valence-corrected chi connectivity index (χ1v) is 14.2. The average Bonchev–Trinajstić information content (AvgIpc) is 2.86. The molecule has 10 heteroatoms. The summed E-state index contributed by atoms with van der Waals surface area (Å²) >= 11 is 5.82. The monoisotopic (exact) mass is 526 g/mol. The van der Waals surface area contributed by atoms with Gasteiger partial charge in [0.25, 0.3) is 0 Å². The van der Waals surface area contributed by atoms with Gasteiger partial charge < -0.3 is 21.1 Å². The van der Waals surface area contributed by atoms with Crippen LogP contribution in [-0.4, -0.2) is 72.9 Å². The Balaban J connectivity index is 3.25. The van der Waals surface area contributed by atoms with E-state index in [1.54, 1.807) is 37.7 Å². The van der Waals surface area contributed by atoms with Crippen molar-refractivity contribution < 1.29 is 19.1 Å². The number of esters is 1. The molecule has 0 spiro atoms. The number of rotatable bonds is 16. The molecule has 0 aromatic heterocycles. The van der Waals surface area contributed by atoms with Gasteiger partial charge >= 0.3 is 5.97 Å². The zero-order valence-electron chi connectivity index (χ0n) is 21.5. The summed E-state index contributed by atoms with van der Waals surface area (Å²) in [5.74, 6) is 0.0587. The van der Waals surface area contributed by atoms with Crippen LogP contribution in [0.5, 0.6) is 0 Å². The molecule has 0 aliphatic rings. The number of thiol groups is 1. The standard InChI is InChI=1S/C25H42N4O4S2/c1-6-17(3)22(27-15-19(26)16-34)24(31)29(20-11-9-8-10-12-20)18(4)23(30)28-21(13-14-35-5)25(32)33-7-2/h8-12,17-19,21-22,27,34H,6-7,13-16,26H2,1-5H3,(H,28,30)/t17-,18-,19+,21-,22-/m0/s1. The molecule has 2 amide bonds. The zero-order valence-corrected chi connectivity index (χ0v) is 23.2. The molecule has 0 bridgehead atoms. The molecule has 1 aromatic rings. The Morgan fingerprint density at radius 2 is 1.83 bits per heavy atom. The van der Waals surface area contributed by atoms with Gasteiger partial charge in [-0.25, -0.2) is 4.79 Å². The first-order valence-electron chi connectivity index (χ1n) is 12.1. The first-order chi connectivity index (χ1) is 16.7. The number of hydrogen-bond donors (Lipinski definition) is 4. The van der Waals surface area contributed by atoms with Crippen LogP contribution in [0.2, 0.25) is 0 Å². The maximum absolute atomic E-state index is 13.9. The van der Waals surface area contributed by atoms with Crippen LogP contribution in [0.4, 0.5) is 5.69 Å². The highest BCUT2D eigenvalue weighted by Crippen LogP contribution is 2.21. The van der Waals surface area contributed by atoms with E-state index in [0.717, 1.165) is 6.42 Å². The summed E-state index contributed by atoms with van der Waals surface area (Å²) in [5.41, 5.74) is 6.63. The third-order valence-electron chi connectivity index (χ3n) is 5.85. The van der Waals surface area contributed by atoms with Gasteiger partial charge in [-0.1, -0.05) is 38.5 Å². The summed E-state index contributed by atoms with van der Waals surface area (Å²) < 4.78 is 5.15. The maximum atomic E-state index is 13.9. The summed E-state index contributed by atoms with van der Waals surface area (Å²) in [6, 6.07) is 6.71. The van der Waals surface area contributed by atoms with Crippen LogP contribution in [0.25, 0.3) is 0 Å². The Kier molecular flexibility index (Phi) is 15.0. The SMILES string of the molecule is CCOC(=O)[C@H](CCSC)NC(=O)[C@H](C)N(C(=O)[C@@H](NC[C@@H](N)CS)[C@@H](C)CC)c1ccccc1. The minimum atomic E-state index is -0.858. The van der Waals surface area contributed by atoms with E-state index in [9.17, 15) is 14.4 Å². The van der Waals surface area contributed by atoms with Crippen LogP contribution >= 0.6 is 24.4 Å². The van der Waals surface area contributed by atoms with Crippen LogP contribution in [-0.2, 0) is 19.1 Å². The van der Waals surface area contributed by atoms with Crippen LogP contribution in [0.1, 0.15) is 40.5 Å². The van der Waals surface area contributed by atoms with Crippen LogP contribution < -0.4 is 21.3 Å². The number of ether oxygens (including phenoxy) is 1. The van der Waals surface area contributed by atoms with Gasteiger partial charge in [-0.3, -0.25) is 14.5 Å². The molecule has 0 saturated heterocycles. The Morgan fingerprint density at radius 3 is 2.37 bits per heavy atom. The Morgan fingerprint density at radius 1 is 1.17 bits per heavy atom. The highest BCUT2D eigenvalue weighted by atomic mass is 32.2. The summed E-state index contributed by atoms with van der Waals surface area (Å²) in [4.78, 5) is 41.2. The van der Waals surface area contributed by atoms with E-state index in [2.05, 4.69) is 23.3 Å². The quantitative estimate of drug-likeness (QED) is 0.193. The lowest BCUT2D eigenvalue weighted by atomic mass is 9.96. The Bertz CT molecular complexity index is 784. The molecule has 0 aliphatic heterocycles. The second kappa shape index (κ2) is 16.8. The average molecular weight is 527 g/mol. The molecule has 1 rings (SSSR count). The minimum Gasteiger partial charge on any atom is -0.464 e. The van der Waals surface area contributed by atoms with Gasteiger partial charge in [0.05, 0.1) is 12.6 Å². The molecule has 5 atom stereocenters. The fourth-order valence-corrected chi connectivity index (χ4v) is 4.13. The van der Waals surface area contributed by atoms with E-state index in [-0.39, 0.29) is 24.5 Å². The maximum Gasteiger partial charge on any atom is 0.328 e. The fraction of sp³-hybridized carbons (Fsp3) is 0.640. The zero-order chi connectivity index (χ0) is 26.4. The molecule has 0 fully saturated rings. The number of benzene rings is 1. The normalized spacial score (nSPS) is 15.4. The highest BCUT2D eigenvalue weighted by molar-refractivity contribution is 7.98. The number of carbonyl (C=O) groups excluding carboxylic acids is 3.